The minimum Gasteiger partial charge on any atom is -0.490 e. The van der Waals surface area contributed by atoms with Gasteiger partial charge in [0.15, 0.2) is 0 Å². The first-order valence-corrected chi connectivity index (χ1v) is 8.86. The first kappa shape index (κ1) is 19.1. The maximum Gasteiger partial charge on any atom is 0.271 e. The van der Waals surface area contributed by atoms with Gasteiger partial charge in [-0.2, -0.15) is 5.10 Å². The Morgan fingerprint density at radius 1 is 1.00 bits per heavy atom. The number of hydrazone groups is 1. The average molecular weight is 375 g/mol. The molecule has 0 fully saturated rings. The molecule has 0 aliphatic heterocycles. The zero-order valence-electron chi connectivity index (χ0n) is 15.5. The van der Waals surface area contributed by atoms with Gasteiger partial charge in [0, 0.05) is 18.0 Å². The van der Waals surface area contributed by atoms with Crippen LogP contribution in [0.5, 0.6) is 11.5 Å². The SMILES string of the molecule is Cc1cccc(OCCOc2ccc(C=NNC(=O)c3ccncc3)cc2)c1. The van der Waals surface area contributed by atoms with Gasteiger partial charge >= 0.3 is 0 Å². The van der Waals surface area contributed by atoms with Crippen LogP contribution in [0.25, 0.3) is 0 Å². The first-order chi connectivity index (χ1) is 13.7. The molecule has 0 aliphatic rings. The molecule has 0 saturated heterocycles. The molecule has 0 unspecified atom stereocenters. The van der Waals surface area contributed by atoms with Crippen molar-refractivity contribution in [2.75, 3.05) is 13.2 Å². The largest absolute Gasteiger partial charge is 0.490 e. The number of aromatic nitrogens is 1. The number of hydrogen-bond acceptors (Lipinski definition) is 5. The number of pyridine rings is 1. The van der Waals surface area contributed by atoms with E-state index in [1.165, 1.54) is 0 Å². The Kier molecular flexibility index (Phi) is 6.73. The Bertz CT molecular complexity index is 925. The molecule has 0 saturated carbocycles. The summed E-state index contributed by atoms with van der Waals surface area (Å²) in [5.41, 5.74) is 4.99. The number of ether oxygens (including phenoxy) is 2. The van der Waals surface area contributed by atoms with E-state index in [-0.39, 0.29) is 5.91 Å². The van der Waals surface area contributed by atoms with Crippen molar-refractivity contribution < 1.29 is 14.3 Å². The summed E-state index contributed by atoms with van der Waals surface area (Å²) in [6, 6.07) is 18.6. The highest BCUT2D eigenvalue weighted by Crippen LogP contribution is 2.13. The van der Waals surface area contributed by atoms with Gasteiger partial charge in [0.1, 0.15) is 24.7 Å². The van der Waals surface area contributed by atoms with Crippen molar-refractivity contribution in [3.8, 4) is 11.5 Å². The second-order valence-electron chi connectivity index (χ2n) is 6.02. The van der Waals surface area contributed by atoms with Gasteiger partial charge in [0.05, 0.1) is 6.21 Å². The Labute approximate surface area is 163 Å². The molecule has 0 bridgehead atoms. The van der Waals surface area contributed by atoms with Gasteiger partial charge in [-0.25, -0.2) is 5.43 Å². The van der Waals surface area contributed by atoms with Crippen LogP contribution in [0.3, 0.4) is 0 Å². The zero-order chi connectivity index (χ0) is 19.6. The molecule has 1 amide bonds. The summed E-state index contributed by atoms with van der Waals surface area (Å²) >= 11 is 0. The van der Waals surface area contributed by atoms with Crippen molar-refractivity contribution in [1.29, 1.82) is 0 Å². The van der Waals surface area contributed by atoms with Gasteiger partial charge in [-0.3, -0.25) is 9.78 Å². The molecule has 3 rings (SSSR count). The van der Waals surface area contributed by atoms with E-state index in [1.807, 2.05) is 55.5 Å². The summed E-state index contributed by atoms with van der Waals surface area (Å²) in [4.78, 5) is 15.7. The third-order valence-electron chi connectivity index (χ3n) is 3.81. The number of nitrogens with zero attached hydrogens (tertiary/aromatic N) is 2. The number of hydrogen-bond donors (Lipinski definition) is 1. The van der Waals surface area contributed by atoms with Gasteiger partial charge in [-0.1, -0.05) is 12.1 Å². The van der Waals surface area contributed by atoms with Crippen molar-refractivity contribution in [3.05, 3.63) is 89.7 Å². The van der Waals surface area contributed by atoms with E-state index in [0.29, 0.717) is 18.8 Å². The highest BCUT2D eigenvalue weighted by Gasteiger charge is 2.02. The second-order valence-corrected chi connectivity index (χ2v) is 6.02. The number of amides is 1. The predicted molar refractivity (Wildman–Crippen MR) is 108 cm³/mol. The average Bonchev–Trinajstić information content (AvgIpc) is 2.73. The van der Waals surface area contributed by atoms with Crippen molar-refractivity contribution in [3.63, 3.8) is 0 Å². The van der Waals surface area contributed by atoms with Crippen molar-refractivity contribution in [2.45, 2.75) is 6.92 Å². The fourth-order valence-corrected chi connectivity index (χ4v) is 2.41. The fourth-order valence-electron chi connectivity index (χ4n) is 2.41. The summed E-state index contributed by atoms with van der Waals surface area (Å²) in [5, 5.41) is 3.96. The molecule has 142 valence electrons. The maximum absolute atomic E-state index is 11.9. The Hall–Kier alpha value is -3.67. The van der Waals surface area contributed by atoms with Crippen LogP contribution < -0.4 is 14.9 Å². The van der Waals surface area contributed by atoms with E-state index in [9.17, 15) is 4.79 Å². The Balaban J connectivity index is 1.41. The van der Waals surface area contributed by atoms with Gasteiger partial charge < -0.3 is 9.47 Å². The van der Waals surface area contributed by atoms with Gasteiger partial charge in [0.25, 0.3) is 5.91 Å². The van der Waals surface area contributed by atoms with Crippen LogP contribution in [-0.2, 0) is 0 Å². The molecule has 28 heavy (non-hydrogen) atoms. The third-order valence-corrected chi connectivity index (χ3v) is 3.81. The van der Waals surface area contributed by atoms with Crippen LogP contribution in [0, 0.1) is 6.92 Å². The quantitative estimate of drug-likeness (QED) is 0.371. The highest BCUT2D eigenvalue weighted by atomic mass is 16.5. The highest BCUT2D eigenvalue weighted by molar-refractivity contribution is 5.94. The normalized spacial score (nSPS) is 10.6. The van der Waals surface area contributed by atoms with Gasteiger partial charge in [0.2, 0.25) is 0 Å². The number of rotatable bonds is 8. The van der Waals surface area contributed by atoms with E-state index in [0.717, 1.165) is 22.6 Å². The van der Waals surface area contributed by atoms with E-state index < -0.39 is 0 Å². The summed E-state index contributed by atoms with van der Waals surface area (Å²) in [5.74, 6) is 1.29. The number of nitrogens with one attached hydrogen (secondary N) is 1. The molecular weight excluding hydrogens is 354 g/mol. The zero-order valence-corrected chi connectivity index (χ0v) is 15.5. The van der Waals surface area contributed by atoms with E-state index >= 15 is 0 Å². The molecular formula is C22H21N3O3. The minimum absolute atomic E-state index is 0.285. The molecule has 0 aliphatic carbocycles. The maximum atomic E-state index is 11.9. The third kappa shape index (κ3) is 5.95. The topological polar surface area (TPSA) is 72.8 Å². The van der Waals surface area contributed by atoms with Crippen LogP contribution in [0.4, 0.5) is 0 Å². The lowest BCUT2D eigenvalue weighted by molar-refractivity contribution is 0.0955. The van der Waals surface area contributed by atoms with Gasteiger partial charge in [-0.15, -0.1) is 0 Å². The summed E-state index contributed by atoms with van der Waals surface area (Å²) < 4.78 is 11.3. The molecule has 1 aromatic heterocycles. The predicted octanol–water partition coefficient (Wildman–Crippen LogP) is 3.61. The molecule has 6 heteroatoms. The summed E-state index contributed by atoms with van der Waals surface area (Å²) in [6.07, 6.45) is 4.69. The fraction of sp³-hybridized carbons (Fsp3) is 0.136. The van der Waals surface area contributed by atoms with Crippen LogP contribution in [0.15, 0.2) is 78.2 Å². The van der Waals surface area contributed by atoms with Crippen LogP contribution in [-0.4, -0.2) is 30.3 Å². The lowest BCUT2D eigenvalue weighted by atomic mass is 10.2. The molecule has 0 spiro atoms. The van der Waals surface area contributed by atoms with Crippen molar-refractivity contribution in [1.82, 2.24) is 10.4 Å². The van der Waals surface area contributed by atoms with Crippen molar-refractivity contribution in [2.24, 2.45) is 5.10 Å². The van der Waals surface area contributed by atoms with Crippen LogP contribution in [0.2, 0.25) is 0 Å². The Morgan fingerprint density at radius 3 is 2.43 bits per heavy atom. The number of carbonyl (C=O) groups is 1. The van der Waals surface area contributed by atoms with E-state index in [1.54, 1.807) is 30.7 Å². The van der Waals surface area contributed by atoms with Gasteiger partial charge in [-0.05, 0) is 66.6 Å². The lowest BCUT2D eigenvalue weighted by Gasteiger charge is -2.09. The summed E-state index contributed by atoms with van der Waals surface area (Å²) in [7, 11) is 0. The monoisotopic (exact) mass is 375 g/mol. The van der Waals surface area contributed by atoms with Crippen molar-refractivity contribution >= 4 is 12.1 Å². The van der Waals surface area contributed by atoms with E-state index in [4.69, 9.17) is 9.47 Å². The molecule has 0 radical (unpaired) electrons. The summed E-state index contributed by atoms with van der Waals surface area (Å²) in [6.45, 7) is 2.94. The number of aryl methyl sites for hydroxylation is 1. The molecule has 2 aromatic carbocycles. The number of benzene rings is 2. The smallest absolute Gasteiger partial charge is 0.271 e. The first-order valence-electron chi connectivity index (χ1n) is 8.86. The molecule has 0 atom stereocenters. The molecule has 6 nitrogen and oxygen atoms in total. The number of carbonyl (C=O) groups excluding carboxylic acids is 1. The van der Waals surface area contributed by atoms with Crippen LogP contribution >= 0.6 is 0 Å². The second kappa shape index (κ2) is 9.87. The Morgan fingerprint density at radius 2 is 1.71 bits per heavy atom. The minimum atomic E-state index is -0.285. The molecule has 1 heterocycles. The van der Waals surface area contributed by atoms with E-state index in [2.05, 4.69) is 15.5 Å². The van der Waals surface area contributed by atoms with Crippen LogP contribution in [0.1, 0.15) is 21.5 Å². The standard InChI is InChI=1S/C22H21N3O3/c1-17-3-2-4-21(15-17)28-14-13-27-20-7-5-18(6-8-20)16-24-25-22(26)19-9-11-23-12-10-19/h2-12,15-16H,13-14H2,1H3,(H,25,26). The molecule has 3 aromatic rings. The lowest BCUT2D eigenvalue weighted by Crippen LogP contribution is -2.17. The molecule has 1 N–H and O–H groups in total.